The van der Waals surface area contributed by atoms with Crippen LogP contribution in [0.15, 0.2) is 58.3 Å². The second-order valence-electron chi connectivity index (χ2n) is 8.54. The van der Waals surface area contributed by atoms with Gasteiger partial charge in [0.05, 0.1) is 13.7 Å². The zero-order valence-electron chi connectivity index (χ0n) is 19.9. The van der Waals surface area contributed by atoms with Gasteiger partial charge in [-0.3, -0.25) is 14.5 Å². The van der Waals surface area contributed by atoms with Crippen molar-refractivity contribution in [2.24, 2.45) is 0 Å². The molecule has 0 spiro atoms. The molecule has 1 aliphatic heterocycles. The fourth-order valence-corrected chi connectivity index (χ4v) is 5.04. The van der Waals surface area contributed by atoms with Crippen molar-refractivity contribution in [1.29, 1.82) is 0 Å². The van der Waals surface area contributed by atoms with Gasteiger partial charge < -0.3 is 14.2 Å². The van der Waals surface area contributed by atoms with E-state index in [0.717, 1.165) is 30.3 Å². The van der Waals surface area contributed by atoms with Crippen molar-refractivity contribution >= 4 is 23.3 Å². The number of thiazole rings is 1. The quantitative estimate of drug-likeness (QED) is 0.520. The Labute approximate surface area is 203 Å². The Morgan fingerprint density at radius 2 is 2.03 bits per heavy atom. The zero-order valence-corrected chi connectivity index (χ0v) is 20.7. The number of fused-ring (bicyclic) bond motifs is 1. The number of hydrogen-bond donors (Lipinski definition) is 0. The number of pyridine rings is 1. The predicted octanol–water partition coefficient (Wildman–Crippen LogP) is 3.55. The first-order chi connectivity index (χ1) is 16.5. The Bertz CT molecular complexity index is 1220. The van der Waals surface area contributed by atoms with Gasteiger partial charge in [0.25, 0.3) is 11.5 Å². The lowest BCUT2D eigenvalue weighted by molar-refractivity contribution is 0.0779. The fourth-order valence-electron chi connectivity index (χ4n) is 4.37. The molecule has 8 heteroatoms. The first kappa shape index (κ1) is 23.9. The minimum atomic E-state index is -0.163. The highest BCUT2D eigenvalue weighted by Crippen LogP contribution is 2.25. The highest BCUT2D eigenvalue weighted by atomic mass is 32.1. The highest BCUT2D eigenvalue weighted by molar-refractivity contribution is 7.09. The summed E-state index contributed by atoms with van der Waals surface area (Å²) >= 11 is 1.51. The lowest BCUT2D eigenvalue weighted by Crippen LogP contribution is -2.32. The predicted molar refractivity (Wildman–Crippen MR) is 135 cm³/mol. The first-order valence-electron chi connectivity index (χ1n) is 11.4. The molecule has 0 atom stereocenters. The van der Waals surface area contributed by atoms with Gasteiger partial charge in [-0.1, -0.05) is 42.0 Å². The summed E-state index contributed by atoms with van der Waals surface area (Å²) in [6, 6.07) is 11.7. The summed E-state index contributed by atoms with van der Waals surface area (Å²) in [5, 5.41) is 2.76. The molecule has 0 unspecified atom stereocenters. The molecule has 0 N–H and O–H groups in total. The smallest absolute Gasteiger partial charge is 0.259 e. The Balaban J connectivity index is 1.57. The van der Waals surface area contributed by atoms with E-state index in [1.165, 1.54) is 35.6 Å². The van der Waals surface area contributed by atoms with Gasteiger partial charge in [-0.2, -0.15) is 0 Å². The fraction of sp³-hybridized carbons (Fsp3) is 0.346. The van der Waals surface area contributed by atoms with Crippen LogP contribution in [0.3, 0.4) is 0 Å². The SMILES string of the molecule is COc1cc(=O)n2c(c1C(=O)N(C)Cc1nccs1)CCN(C/C(C)=C/c1ccccc1)CC2. The summed E-state index contributed by atoms with van der Waals surface area (Å²) in [7, 11) is 3.26. The Morgan fingerprint density at radius 3 is 2.74 bits per heavy atom. The van der Waals surface area contributed by atoms with E-state index >= 15 is 0 Å². The van der Waals surface area contributed by atoms with Crippen LogP contribution in [-0.4, -0.2) is 59.0 Å². The largest absolute Gasteiger partial charge is 0.496 e. The molecule has 3 heterocycles. The zero-order chi connectivity index (χ0) is 24.1. The minimum absolute atomic E-state index is 0.135. The van der Waals surface area contributed by atoms with Crippen LogP contribution in [0.1, 0.15) is 33.5 Å². The Hall–Kier alpha value is -3.23. The van der Waals surface area contributed by atoms with Crippen molar-refractivity contribution in [3.05, 3.63) is 85.7 Å². The molecule has 0 saturated carbocycles. The van der Waals surface area contributed by atoms with E-state index < -0.39 is 0 Å². The van der Waals surface area contributed by atoms with Gasteiger partial charge in [-0.15, -0.1) is 11.3 Å². The normalized spacial score (nSPS) is 14.4. The third-order valence-electron chi connectivity index (χ3n) is 6.01. The molecular formula is C26H30N4O3S. The average molecular weight is 479 g/mol. The summed E-state index contributed by atoms with van der Waals surface area (Å²) in [5.74, 6) is 0.172. The second-order valence-corrected chi connectivity index (χ2v) is 9.52. The Kier molecular flexibility index (Phi) is 7.59. The topological polar surface area (TPSA) is 67.7 Å². The second kappa shape index (κ2) is 10.8. The summed E-state index contributed by atoms with van der Waals surface area (Å²) in [5.41, 5.74) is 3.51. The highest BCUT2D eigenvalue weighted by Gasteiger charge is 2.27. The van der Waals surface area contributed by atoms with E-state index in [4.69, 9.17) is 4.74 Å². The molecule has 0 radical (unpaired) electrons. The maximum Gasteiger partial charge on any atom is 0.259 e. The molecule has 4 rings (SSSR count). The number of aromatic nitrogens is 2. The molecular weight excluding hydrogens is 448 g/mol. The molecule has 0 saturated heterocycles. The number of ether oxygens (including phenoxy) is 1. The number of carbonyl (C=O) groups excluding carboxylic acids is 1. The van der Waals surface area contributed by atoms with Crippen molar-refractivity contribution in [2.45, 2.75) is 26.4 Å². The van der Waals surface area contributed by atoms with Gasteiger partial charge in [0.15, 0.2) is 0 Å². The number of rotatable bonds is 7. The molecule has 3 aromatic rings. The number of hydrogen-bond acceptors (Lipinski definition) is 6. The number of nitrogens with zero attached hydrogens (tertiary/aromatic N) is 4. The molecule has 7 nitrogen and oxygen atoms in total. The van der Waals surface area contributed by atoms with Gasteiger partial charge in [0.2, 0.25) is 0 Å². The maximum absolute atomic E-state index is 13.5. The van der Waals surface area contributed by atoms with Crippen LogP contribution < -0.4 is 10.3 Å². The maximum atomic E-state index is 13.5. The van der Waals surface area contributed by atoms with E-state index in [1.807, 2.05) is 23.6 Å². The molecule has 2 aromatic heterocycles. The van der Waals surface area contributed by atoms with Crippen molar-refractivity contribution in [1.82, 2.24) is 19.4 Å². The minimum Gasteiger partial charge on any atom is -0.496 e. The molecule has 0 aliphatic carbocycles. The van der Waals surface area contributed by atoms with Crippen molar-refractivity contribution in [3.8, 4) is 5.75 Å². The van der Waals surface area contributed by atoms with Gasteiger partial charge in [0.1, 0.15) is 16.3 Å². The van der Waals surface area contributed by atoms with E-state index in [-0.39, 0.29) is 11.5 Å². The molecule has 1 aromatic carbocycles. The molecule has 1 amide bonds. The molecule has 34 heavy (non-hydrogen) atoms. The number of carbonyl (C=O) groups is 1. The van der Waals surface area contributed by atoms with Crippen molar-refractivity contribution < 1.29 is 9.53 Å². The standard InChI is InChI=1S/C26H30N4O3S/c1-19(15-20-7-5-4-6-8-20)17-29-11-9-21-25(22(33-3)16-24(31)30(21)13-12-29)26(32)28(2)18-23-27-10-14-34-23/h4-8,10,14-16H,9,11-13,17-18H2,1-3H3/b19-15+. The van der Waals surface area contributed by atoms with Crippen LogP contribution >= 0.6 is 11.3 Å². The lowest BCUT2D eigenvalue weighted by atomic mass is 10.1. The van der Waals surface area contributed by atoms with Crippen LogP contribution in [0, 0.1) is 0 Å². The number of amides is 1. The number of benzene rings is 1. The summed E-state index contributed by atoms with van der Waals surface area (Å²) in [6.07, 6.45) is 4.52. The van der Waals surface area contributed by atoms with Crippen molar-refractivity contribution in [3.63, 3.8) is 0 Å². The monoisotopic (exact) mass is 478 g/mol. The van der Waals surface area contributed by atoms with Gasteiger partial charge in [-0.05, 0) is 12.5 Å². The van der Waals surface area contributed by atoms with E-state index in [2.05, 4.69) is 35.0 Å². The van der Waals surface area contributed by atoms with Crippen LogP contribution in [0.2, 0.25) is 0 Å². The third kappa shape index (κ3) is 5.46. The van der Waals surface area contributed by atoms with Crippen LogP contribution in [-0.2, 0) is 19.5 Å². The van der Waals surface area contributed by atoms with E-state index in [1.54, 1.807) is 22.7 Å². The third-order valence-corrected chi connectivity index (χ3v) is 6.77. The van der Waals surface area contributed by atoms with Crippen molar-refractivity contribution in [2.75, 3.05) is 33.8 Å². The molecule has 0 fully saturated rings. The summed E-state index contributed by atoms with van der Waals surface area (Å²) < 4.78 is 7.24. The Morgan fingerprint density at radius 1 is 1.24 bits per heavy atom. The van der Waals surface area contributed by atoms with Gasteiger partial charge in [-0.25, -0.2) is 4.98 Å². The van der Waals surface area contributed by atoms with Gasteiger partial charge >= 0.3 is 0 Å². The van der Waals surface area contributed by atoms with Crippen LogP contribution in [0.5, 0.6) is 5.75 Å². The number of methoxy groups -OCH3 is 1. The van der Waals surface area contributed by atoms with Crippen LogP contribution in [0.25, 0.3) is 6.08 Å². The van der Waals surface area contributed by atoms with Crippen LogP contribution in [0.4, 0.5) is 0 Å². The van der Waals surface area contributed by atoms with Gasteiger partial charge in [0, 0.05) is 63.0 Å². The molecule has 0 bridgehead atoms. The lowest BCUT2D eigenvalue weighted by Gasteiger charge is -2.21. The first-order valence-corrected chi connectivity index (χ1v) is 12.2. The average Bonchev–Trinajstić information content (AvgIpc) is 3.25. The summed E-state index contributed by atoms with van der Waals surface area (Å²) in [6.45, 7) is 5.37. The summed E-state index contributed by atoms with van der Waals surface area (Å²) in [4.78, 5) is 34.6. The molecule has 1 aliphatic rings. The van der Waals surface area contributed by atoms with E-state index in [0.29, 0.717) is 30.8 Å². The molecule has 178 valence electrons. The van der Waals surface area contributed by atoms with E-state index in [9.17, 15) is 9.59 Å².